The monoisotopic (exact) mass is 742 g/mol. The molecular formula is C43H54N10O2. The van der Waals surface area contributed by atoms with Crippen LogP contribution in [0.5, 0.6) is 0 Å². The van der Waals surface area contributed by atoms with E-state index in [1.165, 1.54) is 22.5 Å². The minimum atomic E-state index is -0.208. The molecule has 2 fully saturated rings. The lowest BCUT2D eigenvalue weighted by Gasteiger charge is -2.42. The lowest BCUT2D eigenvalue weighted by atomic mass is 9.88. The van der Waals surface area contributed by atoms with E-state index < -0.39 is 0 Å². The van der Waals surface area contributed by atoms with E-state index in [0.29, 0.717) is 25.6 Å². The molecule has 6 heterocycles. The summed E-state index contributed by atoms with van der Waals surface area (Å²) in [6, 6.07) is 16.9. The summed E-state index contributed by atoms with van der Waals surface area (Å²) in [6.45, 7) is 15.9. The van der Waals surface area contributed by atoms with Crippen molar-refractivity contribution >= 4 is 17.7 Å². The van der Waals surface area contributed by atoms with Crippen LogP contribution in [0.15, 0.2) is 79.5 Å². The van der Waals surface area contributed by atoms with E-state index in [0.717, 1.165) is 66.8 Å². The Morgan fingerprint density at radius 2 is 1.58 bits per heavy atom. The first-order valence-electron chi connectivity index (χ1n) is 19.5. The van der Waals surface area contributed by atoms with E-state index in [9.17, 15) is 4.79 Å². The summed E-state index contributed by atoms with van der Waals surface area (Å²) in [4.78, 5) is 36.1. The lowest BCUT2D eigenvalue weighted by molar-refractivity contribution is -0.111. The Balaban J connectivity index is 0.946. The van der Waals surface area contributed by atoms with E-state index in [1.54, 1.807) is 11.1 Å². The number of amides is 2. The average Bonchev–Trinajstić information content (AvgIpc) is 3.59. The van der Waals surface area contributed by atoms with Crippen molar-refractivity contribution in [3.05, 3.63) is 113 Å². The van der Waals surface area contributed by atoms with Gasteiger partial charge in [0.25, 0.3) is 0 Å². The van der Waals surface area contributed by atoms with E-state index >= 15 is 0 Å². The second kappa shape index (κ2) is 16.7. The Hall–Kier alpha value is -5.20. The molecule has 2 atom stereocenters. The van der Waals surface area contributed by atoms with E-state index in [2.05, 4.69) is 70.7 Å². The third-order valence-corrected chi connectivity index (χ3v) is 10.6. The lowest BCUT2D eigenvalue weighted by Crippen LogP contribution is -2.59. The van der Waals surface area contributed by atoms with Gasteiger partial charge < -0.3 is 20.3 Å². The number of nitrogens with one attached hydrogen (secondary N) is 2. The average molecular weight is 743 g/mol. The number of rotatable bonds is 12. The van der Waals surface area contributed by atoms with Gasteiger partial charge in [0, 0.05) is 50.0 Å². The van der Waals surface area contributed by atoms with E-state index in [-0.39, 0.29) is 29.8 Å². The van der Waals surface area contributed by atoms with Crippen molar-refractivity contribution in [1.82, 2.24) is 44.8 Å². The molecule has 4 aromatic heterocycles. The third kappa shape index (κ3) is 9.37. The number of likely N-dealkylation sites (tertiary alicyclic amines) is 2. The van der Waals surface area contributed by atoms with Crippen molar-refractivity contribution in [2.75, 3.05) is 25.0 Å². The van der Waals surface area contributed by atoms with Gasteiger partial charge >= 0.3 is 6.03 Å². The summed E-state index contributed by atoms with van der Waals surface area (Å²) >= 11 is 0. The first kappa shape index (κ1) is 38.1. The van der Waals surface area contributed by atoms with Crippen LogP contribution in [-0.4, -0.2) is 76.9 Å². The van der Waals surface area contributed by atoms with Crippen molar-refractivity contribution in [1.29, 1.82) is 0 Å². The van der Waals surface area contributed by atoms with Crippen LogP contribution in [0.1, 0.15) is 92.2 Å². The summed E-state index contributed by atoms with van der Waals surface area (Å²) in [6.07, 6.45) is 13.8. The number of nitrogens with zero attached hydrogens (tertiary/aromatic N) is 8. The van der Waals surface area contributed by atoms with E-state index in [4.69, 9.17) is 19.7 Å². The normalized spacial score (nSPS) is 17.9. The van der Waals surface area contributed by atoms with Crippen molar-refractivity contribution in [3.63, 3.8) is 0 Å². The number of carbonyl (C=O) groups excluding carboxylic acids is 1. The predicted molar refractivity (Wildman–Crippen MR) is 215 cm³/mol. The number of urea groups is 1. The summed E-state index contributed by atoms with van der Waals surface area (Å²) in [5.41, 5.74) is 9.38. The van der Waals surface area contributed by atoms with E-state index in [1.807, 2.05) is 74.5 Å². The molecule has 2 amide bonds. The van der Waals surface area contributed by atoms with Crippen LogP contribution in [0.4, 0.5) is 16.4 Å². The van der Waals surface area contributed by atoms with Gasteiger partial charge in [-0.25, -0.2) is 14.8 Å². The van der Waals surface area contributed by atoms with Gasteiger partial charge in [-0.2, -0.15) is 5.10 Å². The number of aromatic nitrogens is 6. The fraction of sp³-hybridized carbons (Fsp3) is 0.442. The van der Waals surface area contributed by atoms with Crippen LogP contribution in [0.25, 0.3) is 11.3 Å². The molecule has 5 aromatic rings. The Kier molecular flexibility index (Phi) is 11.5. The number of hydrogen-bond acceptors (Lipinski definition) is 9. The van der Waals surface area contributed by atoms with Gasteiger partial charge in [-0.1, -0.05) is 24.3 Å². The van der Waals surface area contributed by atoms with Gasteiger partial charge in [-0.3, -0.25) is 19.5 Å². The molecule has 1 aromatic carbocycles. The van der Waals surface area contributed by atoms with Crippen LogP contribution in [0.2, 0.25) is 0 Å². The zero-order valence-electron chi connectivity index (χ0n) is 33.0. The molecule has 12 heteroatoms. The molecule has 55 heavy (non-hydrogen) atoms. The SMILES string of the molecule is Cc1cc(-c2ccnc(Nc3cnn(CCCN4[C@@H](c5ncccc5C)CCC[C@H]4c4ncccc4C)c3)n2)ccc1CNC(=O)N1CC(OC(C)(C)C)C1. The maximum Gasteiger partial charge on any atom is 0.317 e. The van der Waals surface area contributed by atoms with Crippen molar-refractivity contribution < 1.29 is 9.53 Å². The molecule has 7 rings (SSSR count). The Labute approximate surface area is 324 Å². The highest BCUT2D eigenvalue weighted by atomic mass is 16.5. The van der Waals surface area contributed by atoms with Gasteiger partial charge in [0.1, 0.15) is 0 Å². The van der Waals surface area contributed by atoms with Crippen molar-refractivity contribution in [2.45, 2.75) is 104 Å². The number of hydrogen-bond donors (Lipinski definition) is 2. The fourth-order valence-electron chi connectivity index (χ4n) is 7.84. The molecule has 2 N–H and O–H groups in total. The molecule has 0 spiro atoms. The quantitative estimate of drug-likeness (QED) is 0.131. The van der Waals surface area contributed by atoms with Crippen LogP contribution in [0.3, 0.4) is 0 Å². The number of benzene rings is 1. The predicted octanol–water partition coefficient (Wildman–Crippen LogP) is 7.87. The first-order valence-corrected chi connectivity index (χ1v) is 19.5. The molecule has 2 aliphatic heterocycles. The van der Waals surface area contributed by atoms with Gasteiger partial charge in [0.15, 0.2) is 0 Å². The number of ether oxygens (including phenoxy) is 1. The summed E-state index contributed by atoms with van der Waals surface area (Å²) < 4.78 is 7.94. The van der Waals surface area contributed by atoms with Crippen LogP contribution < -0.4 is 10.6 Å². The summed E-state index contributed by atoms with van der Waals surface area (Å²) in [5, 5.41) is 11.1. The second-order valence-corrected chi connectivity index (χ2v) is 15.9. The molecule has 0 aliphatic carbocycles. The highest BCUT2D eigenvalue weighted by Crippen LogP contribution is 2.42. The third-order valence-electron chi connectivity index (χ3n) is 10.6. The number of aryl methyl sites for hydroxylation is 4. The van der Waals surface area contributed by atoms with Crippen molar-refractivity contribution in [2.24, 2.45) is 0 Å². The highest BCUT2D eigenvalue weighted by molar-refractivity contribution is 5.75. The first-order chi connectivity index (χ1) is 26.5. The Bertz CT molecular complexity index is 2030. The topological polar surface area (TPSA) is 126 Å². The smallest absolute Gasteiger partial charge is 0.317 e. The van der Waals surface area contributed by atoms with Crippen LogP contribution in [-0.2, 0) is 17.8 Å². The Morgan fingerprint density at radius 3 is 2.24 bits per heavy atom. The number of carbonyl (C=O) groups is 1. The highest BCUT2D eigenvalue weighted by Gasteiger charge is 2.35. The summed E-state index contributed by atoms with van der Waals surface area (Å²) in [7, 11) is 0. The minimum Gasteiger partial charge on any atom is -0.369 e. The maximum absolute atomic E-state index is 12.7. The minimum absolute atomic E-state index is 0.0669. The molecule has 0 saturated carbocycles. The zero-order valence-corrected chi connectivity index (χ0v) is 33.0. The van der Waals surface area contributed by atoms with Crippen LogP contribution in [0, 0.1) is 20.8 Å². The zero-order chi connectivity index (χ0) is 38.5. The maximum atomic E-state index is 12.7. The number of anilines is 2. The Morgan fingerprint density at radius 1 is 0.873 bits per heavy atom. The standard InChI is InChI=1S/C43H54N10O2/c1-29-11-8-18-44-39(29)37-13-7-14-38(40-30(2)12-9-19-45-40)53(37)22-10-21-52-26-34(25-48-52)49-41-46-20-17-36(50-41)32-15-16-33(31(3)23-32)24-47-42(54)51-27-35(28-51)55-43(4,5)6/h8-9,11-12,15-20,23,25-26,35,37-38H,7,10,13-14,21-22,24,27-28H2,1-6H3,(H,47,54)(H,46,49,50)/t37-,38+. The van der Waals surface area contributed by atoms with Crippen molar-refractivity contribution in [3.8, 4) is 11.3 Å². The van der Waals surface area contributed by atoms with Crippen LogP contribution >= 0.6 is 0 Å². The van der Waals surface area contributed by atoms with Gasteiger partial charge in [0.05, 0.1) is 65.8 Å². The molecule has 0 radical (unpaired) electrons. The molecule has 2 aliphatic rings. The molecule has 0 bridgehead atoms. The number of pyridine rings is 2. The molecular weight excluding hydrogens is 689 g/mol. The second-order valence-electron chi connectivity index (χ2n) is 15.9. The molecule has 288 valence electrons. The van der Waals surface area contributed by atoms with Gasteiger partial charge in [-0.05, 0) is 114 Å². The number of piperidine rings is 1. The molecule has 2 saturated heterocycles. The van der Waals surface area contributed by atoms with Gasteiger partial charge in [0.2, 0.25) is 5.95 Å². The summed E-state index contributed by atoms with van der Waals surface area (Å²) in [5.74, 6) is 0.504. The molecule has 12 nitrogen and oxygen atoms in total. The fourth-order valence-corrected chi connectivity index (χ4v) is 7.84. The molecule has 0 unspecified atom stereocenters. The van der Waals surface area contributed by atoms with Gasteiger partial charge in [-0.15, -0.1) is 0 Å². The largest absolute Gasteiger partial charge is 0.369 e.